The zero-order valence-corrected chi connectivity index (χ0v) is 13.1. The minimum absolute atomic E-state index is 0.0134. The molecule has 0 radical (unpaired) electrons. The van der Waals surface area contributed by atoms with Crippen molar-refractivity contribution in [1.29, 1.82) is 0 Å². The van der Waals surface area contributed by atoms with Crippen LogP contribution in [0.4, 0.5) is 0 Å². The van der Waals surface area contributed by atoms with Crippen LogP contribution in [0.3, 0.4) is 0 Å². The molecule has 2 atom stereocenters. The van der Waals surface area contributed by atoms with Crippen LogP contribution in [0, 0.1) is 0 Å². The van der Waals surface area contributed by atoms with Crippen LogP contribution in [-0.2, 0) is 9.47 Å². The van der Waals surface area contributed by atoms with Crippen LogP contribution in [0.15, 0.2) is 12.7 Å². The number of allylic oxidation sites excluding steroid dienone is 1. The monoisotopic (exact) mass is 268 g/mol. The molecule has 1 rings (SSSR count). The normalized spacial score (nSPS) is 26.3. The summed E-state index contributed by atoms with van der Waals surface area (Å²) in [5.74, 6) is 0. The van der Waals surface area contributed by atoms with Crippen molar-refractivity contribution in [3.63, 3.8) is 0 Å². The fourth-order valence-corrected chi connectivity index (χ4v) is 2.86. The van der Waals surface area contributed by atoms with Gasteiger partial charge in [-0.2, -0.15) is 0 Å². The Kier molecular flexibility index (Phi) is 7.70. The summed E-state index contributed by atoms with van der Waals surface area (Å²) < 4.78 is 11.8. The van der Waals surface area contributed by atoms with Gasteiger partial charge in [0, 0.05) is 6.42 Å². The van der Waals surface area contributed by atoms with E-state index in [1.807, 2.05) is 6.08 Å². The Hall–Kier alpha value is -0.340. The van der Waals surface area contributed by atoms with Gasteiger partial charge >= 0.3 is 0 Å². The average Bonchev–Trinajstić information content (AvgIpc) is 2.30. The van der Waals surface area contributed by atoms with Crippen LogP contribution >= 0.6 is 0 Å². The second-order valence-electron chi connectivity index (χ2n) is 6.45. The van der Waals surface area contributed by atoms with Gasteiger partial charge in [-0.15, -0.1) is 6.58 Å². The summed E-state index contributed by atoms with van der Waals surface area (Å²) in [5.41, 5.74) is -0.0208. The van der Waals surface area contributed by atoms with Gasteiger partial charge in [0.1, 0.15) is 0 Å². The lowest BCUT2D eigenvalue weighted by Crippen LogP contribution is -2.42. The zero-order chi connectivity index (χ0) is 14.1. The van der Waals surface area contributed by atoms with Crippen LogP contribution in [-0.4, -0.2) is 18.0 Å². The molecule has 1 saturated heterocycles. The van der Waals surface area contributed by atoms with Crippen molar-refractivity contribution in [3.8, 4) is 0 Å². The largest absolute Gasteiger partial charge is 0.350 e. The molecule has 0 N–H and O–H groups in total. The molecule has 1 fully saturated rings. The van der Waals surface area contributed by atoms with Crippen molar-refractivity contribution >= 4 is 0 Å². The van der Waals surface area contributed by atoms with Crippen LogP contribution in [0.25, 0.3) is 0 Å². The topological polar surface area (TPSA) is 18.5 Å². The molecule has 1 heterocycles. The van der Waals surface area contributed by atoms with Crippen molar-refractivity contribution in [2.75, 3.05) is 0 Å². The molecule has 19 heavy (non-hydrogen) atoms. The number of unbranched alkanes of at least 4 members (excludes halogenated alkanes) is 6. The highest BCUT2D eigenvalue weighted by atomic mass is 16.7. The van der Waals surface area contributed by atoms with Gasteiger partial charge in [0.05, 0.1) is 11.7 Å². The summed E-state index contributed by atoms with van der Waals surface area (Å²) in [7, 11) is 0. The minimum atomic E-state index is -0.0208. The zero-order valence-electron chi connectivity index (χ0n) is 13.1. The van der Waals surface area contributed by atoms with Gasteiger partial charge in [0.15, 0.2) is 6.29 Å². The molecule has 0 aromatic heterocycles. The second-order valence-corrected chi connectivity index (χ2v) is 6.45. The first-order valence-electron chi connectivity index (χ1n) is 7.98. The Balaban J connectivity index is 2.01. The molecule has 2 nitrogen and oxygen atoms in total. The standard InChI is InChI=1S/C17H32O2/c1-5-6-7-8-9-10-11-12-13-16-18-15(2)14-17(3,4)19-16/h5,15-16H,1,6-14H2,2-4H3/t15-,16-/m0/s1. The summed E-state index contributed by atoms with van der Waals surface area (Å²) in [6.45, 7) is 10.2. The number of rotatable bonds is 9. The molecular weight excluding hydrogens is 236 g/mol. The molecule has 2 heteroatoms. The maximum absolute atomic E-state index is 5.97. The summed E-state index contributed by atoms with van der Waals surface area (Å²) in [5, 5.41) is 0. The number of hydrogen-bond donors (Lipinski definition) is 0. The Bertz CT molecular complexity index is 248. The highest BCUT2D eigenvalue weighted by molar-refractivity contribution is 4.77. The second kappa shape index (κ2) is 8.76. The third kappa shape index (κ3) is 7.74. The van der Waals surface area contributed by atoms with Gasteiger partial charge in [0.2, 0.25) is 0 Å². The molecule has 1 aliphatic heterocycles. The van der Waals surface area contributed by atoms with E-state index in [1.165, 1.54) is 38.5 Å². The fraction of sp³-hybridized carbons (Fsp3) is 0.882. The van der Waals surface area contributed by atoms with E-state index < -0.39 is 0 Å². The molecule has 0 saturated carbocycles. The van der Waals surface area contributed by atoms with Crippen molar-refractivity contribution in [1.82, 2.24) is 0 Å². The van der Waals surface area contributed by atoms with Gasteiger partial charge in [-0.05, 0) is 46.5 Å². The lowest BCUT2D eigenvalue weighted by atomic mass is 9.99. The van der Waals surface area contributed by atoms with Crippen molar-refractivity contribution in [3.05, 3.63) is 12.7 Å². The molecular formula is C17H32O2. The number of ether oxygens (including phenoxy) is 2. The predicted octanol–water partition coefficient (Wildman–Crippen LogP) is 5.22. The molecule has 0 aliphatic carbocycles. The Labute approximate surface area is 119 Å². The van der Waals surface area contributed by atoms with E-state index in [2.05, 4.69) is 27.4 Å². The van der Waals surface area contributed by atoms with E-state index in [9.17, 15) is 0 Å². The average molecular weight is 268 g/mol. The first-order valence-corrected chi connectivity index (χ1v) is 7.98. The number of hydrogen-bond acceptors (Lipinski definition) is 2. The summed E-state index contributed by atoms with van der Waals surface area (Å²) >= 11 is 0. The fourth-order valence-electron chi connectivity index (χ4n) is 2.86. The third-order valence-electron chi connectivity index (χ3n) is 3.71. The summed E-state index contributed by atoms with van der Waals surface area (Å²) in [6.07, 6.45) is 13.4. The highest BCUT2D eigenvalue weighted by Crippen LogP contribution is 2.29. The molecule has 1 aliphatic rings. The summed E-state index contributed by atoms with van der Waals surface area (Å²) in [4.78, 5) is 0. The first kappa shape index (κ1) is 16.7. The van der Waals surface area contributed by atoms with Crippen LogP contribution < -0.4 is 0 Å². The molecule has 0 bridgehead atoms. The van der Waals surface area contributed by atoms with Gasteiger partial charge < -0.3 is 9.47 Å². The van der Waals surface area contributed by atoms with E-state index in [4.69, 9.17) is 9.47 Å². The highest BCUT2D eigenvalue weighted by Gasteiger charge is 2.32. The first-order chi connectivity index (χ1) is 9.03. The van der Waals surface area contributed by atoms with Crippen molar-refractivity contribution in [2.45, 2.75) is 96.6 Å². The maximum atomic E-state index is 5.97. The SMILES string of the molecule is C=CCCCCCCCC[C@H]1O[C@@H](C)CC(C)(C)O1. The van der Waals surface area contributed by atoms with Crippen LogP contribution in [0.1, 0.15) is 78.6 Å². The lowest BCUT2D eigenvalue weighted by Gasteiger charge is -2.39. The molecule has 0 aromatic carbocycles. The molecule has 112 valence electrons. The quantitative estimate of drug-likeness (QED) is 0.421. The van der Waals surface area contributed by atoms with E-state index in [-0.39, 0.29) is 11.9 Å². The van der Waals surface area contributed by atoms with Crippen LogP contribution in [0.2, 0.25) is 0 Å². The Morgan fingerprint density at radius 2 is 1.74 bits per heavy atom. The van der Waals surface area contributed by atoms with Crippen molar-refractivity contribution in [2.24, 2.45) is 0 Å². The molecule has 0 unspecified atom stereocenters. The maximum Gasteiger partial charge on any atom is 0.158 e. The van der Waals surface area contributed by atoms with E-state index in [1.54, 1.807) is 0 Å². The van der Waals surface area contributed by atoms with Gasteiger partial charge in [-0.1, -0.05) is 31.8 Å². The molecule has 0 aromatic rings. The van der Waals surface area contributed by atoms with Gasteiger partial charge in [0.25, 0.3) is 0 Å². The van der Waals surface area contributed by atoms with E-state index >= 15 is 0 Å². The van der Waals surface area contributed by atoms with Crippen LogP contribution in [0.5, 0.6) is 0 Å². The Morgan fingerprint density at radius 3 is 2.37 bits per heavy atom. The molecule has 0 amide bonds. The molecule has 0 spiro atoms. The van der Waals surface area contributed by atoms with E-state index in [0.29, 0.717) is 6.10 Å². The van der Waals surface area contributed by atoms with Crippen molar-refractivity contribution < 1.29 is 9.47 Å². The third-order valence-corrected chi connectivity index (χ3v) is 3.71. The van der Waals surface area contributed by atoms with E-state index in [0.717, 1.165) is 19.3 Å². The predicted molar refractivity (Wildman–Crippen MR) is 81.2 cm³/mol. The minimum Gasteiger partial charge on any atom is -0.350 e. The summed E-state index contributed by atoms with van der Waals surface area (Å²) in [6, 6.07) is 0. The smallest absolute Gasteiger partial charge is 0.158 e. The Morgan fingerprint density at radius 1 is 1.11 bits per heavy atom. The lowest BCUT2D eigenvalue weighted by molar-refractivity contribution is -0.270. The van der Waals surface area contributed by atoms with Gasteiger partial charge in [-0.3, -0.25) is 0 Å². The van der Waals surface area contributed by atoms with Gasteiger partial charge in [-0.25, -0.2) is 0 Å².